The van der Waals surface area contributed by atoms with Gasteiger partial charge in [-0.05, 0) is 35.2 Å². The third-order valence-electron chi connectivity index (χ3n) is 6.05. The average molecular weight is 557 g/mol. The van der Waals surface area contributed by atoms with E-state index in [1.165, 1.54) is 35.0 Å². The van der Waals surface area contributed by atoms with Crippen molar-refractivity contribution in [1.29, 1.82) is 0 Å². The van der Waals surface area contributed by atoms with Gasteiger partial charge in [0.25, 0.3) is 5.91 Å². The maximum absolute atomic E-state index is 13.9. The van der Waals surface area contributed by atoms with Crippen LogP contribution in [0.5, 0.6) is 0 Å². The molecule has 3 aromatic heterocycles. The Morgan fingerprint density at radius 1 is 1.03 bits per heavy atom. The maximum atomic E-state index is 13.9. The minimum absolute atomic E-state index is 0.107. The van der Waals surface area contributed by atoms with Crippen LogP contribution in [0.2, 0.25) is 5.02 Å². The van der Waals surface area contributed by atoms with Crippen LogP contribution in [0.4, 0.5) is 23.4 Å². The molecule has 1 amide bonds. The fraction of sp³-hybridized carbons (Fsp3) is 0.185. The Bertz CT molecular complexity index is 1670. The number of carbonyl (C=O) groups is 1. The van der Waals surface area contributed by atoms with Crippen LogP contribution < -0.4 is 5.32 Å². The Kier molecular flexibility index (Phi) is 6.85. The van der Waals surface area contributed by atoms with Gasteiger partial charge in [-0.3, -0.25) is 9.48 Å². The molecule has 5 aromatic rings. The number of amides is 1. The number of halogens is 5. The number of hydrogen-bond donors (Lipinski definition) is 1. The number of carbonyl (C=O) groups excluding carboxylic acids is 1. The number of nitrogens with one attached hydrogen (secondary N) is 1. The lowest BCUT2D eigenvalue weighted by Crippen LogP contribution is -2.16. The monoisotopic (exact) mass is 556 g/mol. The third kappa shape index (κ3) is 5.63. The molecule has 5 rings (SSSR count). The van der Waals surface area contributed by atoms with Gasteiger partial charge in [-0.15, -0.1) is 0 Å². The molecule has 0 radical (unpaired) electrons. The Morgan fingerprint density at radius 3 is 2.44 bits per heavy atom. The Morgan fingerprint density at radius 2 is 1.77 bits per heavy atom. The maximum Gasteiger partial charge on any atom is 0.433 e. The normalized spacial score (nSPS) is 11.9. The molecule has 0 atom stereocenters. The molecule has 200 valence electrons. The number of benzene rings is 2. The first-order valence-electron chi connectivity index (χ1n) is 11.8. The highest BCUT2D eigenvalue weighted by molar-refractivity contribution is 6.31. The van der Waals surface area contributed by atoms with Gasteiger partial charge in [0.2, 0.25) is 0 Å². The van der Waals surface area contributed by atoms with Gasteiger partial charge < -0.3 is 5.32 Å². The minimum Gasteiger partial charge on any atom is -0.304 e. The third-order valence-corrected chi connectivity index (χ3v) is 6.40. The van der Waals surface area contributed by atoms with E-state index >= 15 is 0 Å². The van der Waals surface area contributed by atoms with Crippen LogP contribution in [0, 0.1) is 5.82 Å². The molecule has 2 aromatic carbocycles. The largest absolute Gasteiger partial charge is 0.433 e. The molecule has 0 aliphatic heterocycles. The van der Waals surface area contributed by atoms with E-state index in [9.17, 15) is 22.4 Å². The van der Waals surface area contributed by atoms with E-state index in [1.54, 1.807) is 18.3 Å². The molecular weight excluding hydrogens is 536 g/mol. The van der Waals surface area contributed by atoms with Crippen molar-refractivity contribution >= 4 is 29.0 Å². The number of nitrogens with zero attached hydrogens (tertiary/aromatic N) is 5. The summed E-state index contributed by atoms with van der Waals surface area (Å²) in [7, 11) is 0. The van der Waals surface area contributed by atoms with Gasteiger partial charge in [0.05, 0.1) is 12.2 Å². The lowest BCUT2D eigenvalue weighted by Gasteiger charge is -2.11. The Hall–Kier alpha value is -4.25. The molecule has 0 bridgehead atoms. The van der Waals surface area contributed by atoms with Crippen molar-refractivity contribution < 1.29 is 22.4 Å². The van der Waals surface area contributed by atoms with Crippen molar-refractivity contribution in [1.82, 2.24) is 24.4 Å². The zero-order valence-electron chi connectivity index (χ0n) is 20.7. The van der Waals surface area contributed by atoms with E-state index in [2.05, 4.69) is 20.5 Å². The average Bonchev–Trinajstić information content (AvgIpc) is 3.51. The summed E-state index contributed by atoms with van der Waals surface area (Å²) < 4.78 is 57.2. The predicted molar refractivity (Wildman–Crippen MR) is 138 cm³/mol. The molecule has 0 unspecified atom stereocenters. The molecule has 0 fully saturated rings. The molecule has 39 heavy (non-hydrogen) atoms. The van der Waals surface area contributed by atoms with Crippen LogP contribution in [-0.2, 0) is 12.7 Å². The number of fused-ring (bicyclic) bond motifs is 1. The quantitative estimate of drug-likeness (QED) is 0.233. The molecule has 3 heterocycles. The van der Waals surface area contributed by atoms with E-state index in [4.69, 9.17) is 11.6 Å². The van der Waals surface area contributed by atoms with Gasteiger partial charge in [-0.1, -0.05) is 55.8 Å². The van der Waals surface area contributed by atoms with Crippen molar-refractivity contribution in [3.8, 4) is 11.3 Å². The summed E-state index contributed by atoms with van der Waals surface area (Å²) in [6, 6.07) is 14.7. The fourth-order valence-electron chi connectivity index (χ4n) is 4.00. The molecule has 1 N–H and O–H groups in total. The predicted octanol–water partition coefficient (Wildman–Crippen LogP) is 6.83. The Labute approximate surface area is 225 Å². The summed E-state index contributed by atoms with van der Waals surface area (Å²) in [6.07, 6.45) is -3.17. The standard InChI is InChI=1S/C27H21ClF4N6O/c1-15(2)16-3-5-17(6-4-16)21-12-23(27(30,31)32)38-25(33-21)13-22(35-38)26(39)34-24-9-10-37(36-24)14-18-7-8-19(29)11-20(18)28/h3-13,15H,14H2,1-2H3,(H,34,36,39). The fourth-order valence-corrected chi connectivity index (χ4v) is 4.22. The topological polar surface area (TPSA) is 77.1 Å². The van der Waals surface area contributed by atoms with Gasteiger partial charge in [-0.25, -0.2) is 13.9 Å². The van der Waals surface area contributed by atoms with Crippen molar-refractivity contribution in [2.75, 3.05) is 5.32 Å². The summed E-state index contributed by atoms with van der Waals surface area (Å²) in [5.74, 6) is -0.820. The van der Waals surface area contributed by atoms with E-state index in [0.717, 1.165) is 11.6 Å². The number of hydrogen-bond acceptors (Lipinski definition) is 4. The number of anilines is 1. The molecular formula is C27H21ClF4N6O. The van der Waals surface area contributed by atoms with E-state index < -0.39 is 23.6 Å². The zero-order chi connectivity index (χ0) is 27.9. The van der Waals surface area contributed by atoms with Gasteiger partial charge in [0, 0.05) is 28.9 Å². The highest BCUT2D eigenvalue weighted by Gasteiger charge is 2.35. The van der Waals surface area contributed by atoms with Gasteiger partial charge >= 0.3 is 6.18 Å². The summed E-state index contributed by atoms with van der Waals surface area (Å²) in [6.45, 7) is 4.25. The first-order chi connectivity index (χ1) is 18.5. The van der Waals surface area contributed by atoms with Crippen LogP contribution in [0.25, 0.3) is 16.9 Å². The molecule has 0 aliphatic carbocycles. The van der Waals surface area contributed by atoms with Gasteiger partial charge in [-0.2, -0.15) is 23.4 Å². The first-order valence-corrected chi connectivity index (χ1v) is 12.2. The van der Waals surface area contributed by atoms with Gasteiger partial charge in [0.1, 0.15) is 5.82 Å². The number of aromatic nitrogens is 5. The minimum atomic E-state index is -4.74. The van der Waals surface area contributed by atoms with Gasteiger partial charge in [0.15, 0.2) is 22.9 Å². The van der Waals surface area contributed by atoms with Crippen molar-refractivity contribution in [3.05, 3.63) is 100 Å². The highest BCUT2D eigenvalue weighted by atomic mass is 35.5. The zero-order valence-corrected chi connectivity index (χ0v) is 21.4. The summed E-state index contributed by atoms with van der Waals surface area (Å²) >= 11 is 6.06. The molecule has 12 heteroatoms. The lowest BCUT2D eigenvalue weighted by atomic mass is 10.0. The van der Waals surface area contributed by atoms with Crippen molar-refractivity contribution in [3.63, 3.8) is 0 Å². The first kappa shape index (κ1) is 26.4. The smallest absolute Gasteiger partial charge is 0.304 e. The summed E-state index contributed by atoms with van der Waals surface area (Å²) in [5, 5.41) is 10.8. The van der Waals surface area contributed by atoms with Crippen LogP contribution in [-0.4, -0.2) is 30.3 Å². The molecule has 7 nitrogen and oxygen atoms in total. The lowest BCUT2D eigenvalue weighted by molar-refractivity contribution is -0.142. The SMILES string of the molecule is CC(C)c1ccc(-c2cc(C(F)(F)F)n3nc(C(=O)Nc4ccn(Cc5ccc(F)cc5Cl)n4)cc3n2)cc1. The van der Waals surface area contributed by atoms with Crippen LogP contribution in [0.3, 0.4) is 0 Å². The number of alkyl halides is 3. The van der Waals surface area contributed by atoms with Crippen LogP contribution in [0.15, 0.2) is 66.9 Å². The molecule has 0 aliphatic rings. The molecule has 0 spiro atoms. The second-order valence-electron chi connectivity index (χ2n) is 9.19. The van der Waals surface area contributed by atoms with Crippen molar-refractivity contribution in [2.24, 2.45) is 0 Å². The van der Waals surface area contributed by atoms with Crippen molar-refractivity contribution in [2.45, 2.75) is 32.5 Å². The number of rotatable bonds is 6. The summed E-state index contributed by atoms with van der Waals surface area (Å²) in [4.78, 5) is 17.2. The Balaban J connectivity index is 1.41. The van der Waals surface area contributed by atoms with E-state index in [-0.39, 0.29) is 40.3 Å². The highest BCUT2D eigenvalue weighted by Crippen LogP contribution is 2.33. The van der Waals surface area contributed by atoms with E-state index in [0.29, 0.717) is 15.6 Å². The molecule has 0 saturated carbocycles. The summed E-state index contributed by atoms with van der Waals surface area (Å²) in [5.41, 5.74) is 0.810. The second kappa shape index (κ2) is 10.1. The second-order valence-corrected chi connectivity index (χ2v) is 9.60. The van der Waals surface area contributed by atoms with Crippen LogP contribution in [0.1, 0.15) is 47.1 Å². The van der Waals surface area contributed by atoms with E-state index in [1.807, 2.05) is 26.0 Å². The molecule has 0 saturated heterocycles. The van der Waals surface area contributed by atoms with Crippen LogP contribution >= 0.6 is 11.6 Å².